The lowest BCUT2D eigenvalue weighted by molar-refractivity contribution is -0.134. The van der Waals surface area contributed by atoms with Gasteiger partial charge in [-0.3, -0.25) is 14.2 Å². The van der Waals surface area contributed by atoms with E-state index < -0.39 is 0 Å². The van der Waals surface area contributed by atoms with Crippen LogP contribution in [-0.2, 0) is 30.8 Å². The lowest BCUT2D eigenvalue weighted by Gasteiger charge is -2.21. The van der Waals surface area contributed by atoms with Crippen molar-refractivity contribution in [2.24, 2.45) is 5.92 Å². The number of fused-ring (bicyclic) bond motifs is 4. The normalized spacial score (nSPS) is 21.3. The second kappa shape index (κ2) is 6.21. The topological polar surface area (TPSA) is 58.4 Å². The highest BCUT2D eigenvalue weighted by Gasteiger charge is 2.30. The van der Waals surface area contributed by atoms with E-state index in [4.69, 9.17) is 4.98 Å². The van der Waals surface area contributed by atoms with E-state index >= 15 is 0 Å². The van der Waals surface area contributed by atoms with Crippen LogP contribution in [0.4, 0.5) is 0 Å². The maximum absolute atomic E-state index is 13.3. The molecule has 0 N–H and O–H groups in total. The summed E-state index contributed by atoms with van der Waals surface area (Å²) in [5.74, 6) is 0.714. The number of hydrogen-bond acceptors (Lipinski definition) is 5. The second-order valence-electron chi connectivity index (χ2n) is 7.30. The number of nitrogens with zero attached hydrogens (tertiary/aromatic N) is 4. The Morgan fingerprint density at radius 1 is 1.24 bits per heavy atom. The fourth-order valence-electron chi connectivity index (χ4n) is 4.02. The summed E-state index contributed by atoms with van der Waals surface area (Å²) in [6.45, 7) is 4.81. The third kappa shape index (κ3) is 2.69. The molecule has 0 aliphatic carbocycles. The molecule has 0 radical (unpaired) electrons. The second-order valence-corrected chi connectivity index (χ2v) is 8.38. The fourth-order valence-corrected chi connectivity index (χ4v) is 5.33. The zero-order chi connectivity index (χ0) is 17.7. The van der Waals surface area contributed by atoms with Crippen molar-refractivity contribution < 1.29 is 4.79 Å². The number of aromatic nitrogens is 2. The zero-order valence-corrected chi connectivity index (χ0v) is 15.9. The molecule has 1 amide bonds. The van der Waals surface area contributed by atoms with Gasteiger partial charge in [0.2, 0.25) is 5.91 Å². The molecular weight excluding hydrogens is 336 g/mol. The molecule has 0 spiro atoms. The van der Waals surface area contributed by atoms with Gasteiger partial charge >= 0.3 is 0 Å². The minimum Gasteiger partial charge on any atom is -0.338 e. The highest BCUT2D eigenvalue weighted by atomic mass is 32.1. The van der Waals surface area contributed by atoms with Gasteiger partial charge in [-0.2, -0.15) is 0 Å². The van der Waals surface area contributed by atoms with E-state index in [-0.39, 0.29) is 17.4 Å². The molecule has 2 aliphatic heterocycles. The molecule has 4 heterocycles. The number of amides is 1. The van der Waals surface area contributed by atoms with Crippen molar-refractivity contribution in [3.63, 3.8) is 0 Å². The van der Waals surface area contributed by atoms with Crippen molar-refractivity contribution in [2.45, 2.75) is 45.8 Å². The van der Waals surface area contributed by atoms with Gasteiger partial charge in [0.25, 0.3) is 5.56 Å². The van der Waals surface area contributed by atoms with Gasteiger partial charge in [-0.25, -0.2) is 4.98 Å². The van der Waals surface area contributed by atoms with Crippen molar-refractivity contribution in [3.8, 4) is 0 Å². The SMILES string of the molecule is CCC[C@@H]1Cn2c(nc3sc4c(c3c2=O)CCN(C)C4)CN(C)C1=O. The summed E-state index contributed by atoms with van der Waals surface area (Å²) in [6, 6.07) is 0. The predicted octanol–water partition coefficient (Wildman–Crippen LogP) is 1.83. The largest absolute Gasteiger partial charge is 0.338 e. The van der Waals surface area contributed by atoms with Crippen LogP contribution in [0.5, 0.6) is 0 Å². The van der Waals surface area contributed by atoms with Crippen LogP contribution in [0, 0.1) is 5.92 Å². The highest BCUT2D eigenvalue weighted by Crippen LogP contribution is 2.32. The van der Waals surface area contributed by atoms with Crippen molar-refractivity contribution in [3.05, 3.63) is 26.6 Å². The molecular formula is C18H24N4O2S. The van der Waals surface area contributed by atoms with Gasteiger partial charge in [0.1, 0.15) is 10.7 Å². The van der Waals surface area contributed by atoms with Crippen molar-refractivity contribution in [2.75, 3.05) is 20.6 Å². The molecule has 0 saturated carbocycles. The van der Waals surface area contributed by atoms with E-state index in [1.807, 2.05) is 7.05 Å². The van der Waals surface area contributed by atoms with Gasteiger partial charge in [0.15, 0.2) is 0 Å². The van der Waals surface area contributed by atoms with E-state index in [1.165, 1.54) is 10.4 Å². The van der Waals surface area contributed by atoms with Gasteiger partial charge < -0.3 is 9.80 Å². The summed E-state index contributed by atoms with van der Waals surface area (Å²) in [5, 5.41) is 0.795. The molecule has 2 aromatic heterocycles. The third-order valence-electron chi connectivity index (χ3n) is 5.37. The Morgan fingerprint density at radius 2 is 2.04 bits per heavy atom. The summed E-state index contributed by atoms with van der Waals surface area (Å²) >= 11 is 1.64. The maximum Gasteiger partial charge on any atom is 0.262 e. The Morgan fingerprint density at radius 3 is 2.80 bits per heavy atom. The van der Waals surface area contributed by atoms with Crippen molar-refractivity contribution >= 4 is 27.5 Å². The number of carbonyl (C=O) groups is 1. The summed E-state index contributed by atoms with van der Waals surface area (Å²) in [5.41, 5.74) is 1.23. The van der Waals surface area contributed by atoms with Crippen LogP contribution in [0.2, 0.25) is 0 Å². The Hall–Kier alpha value is -1.73. The third-order valence-corrected chi connectivity index (χ3v) is 6.49. The first-order valence-corrected chi connectivity index (χ1v) is 9.78. The molecule has 1 atom stereocenters. The Labute approximate surface area is 151 Å². The van der Waals surface area contributed by atoms with Crippen molar-refractivity contribution in [1.29, 1.82) is 0 Å². The lowest BCUT2D eigenvalue weighted by atomic mass is 10.0. The first-order chi connectivity index (χ1) is 12.0. The first kappa shape index (κ1) is 16.7. The molecule has 2 aliphatic rings. The first-order valence-electron chi connectivity index (χ1n) is 8.97. The number of likely N-dealkylation sites (N-methyl/N-ethyl adjacent to an activating group) is 1. The van der Waals surface area contributed by atoms with Crippen LogP contribution in [0.15, 0.2) is 4.79 Å². The van der Waals surface area contributed by atoms with E-state index in [9.17, 15) is 9.59 Å². The average molecular weight is 360 g/mol. The molecule has 0 aromatic carbocycles. The fraction of sp³-hybridized carbons (Fsp3) is 0.611. The molecule has 134 valence electrons. The predicted molar refractivity (Wildman–Crippen MR) is 98.8 cm³/mol. The maximum atomic E-state index is 13.3. The van der Waals surface area contributed by atoms with Crippen LogP contribution in [0.3, 0.4) is 0 Å². The lowest BCUT2D eigenvalue weighted by Crippen LogP contribution is -2.32. The van der Waals surface area contributed by atoms with Crippen molar-refractivity contribution in [1.82, 2.24) is 19.4 Å². The molecule has 6 nitrogen and oxygen atoms in total. The average Bonchev–Trinajstić information content (AvgIpc) is 2.88. The number of rotatable bonds is 2. The van der Waals surface area contributed by atoms with E-state index in [0.29, 0.717) is 13.1 Å². The summed E-state index contributed by atoms with van der Waals surface area (Å²) in [6.07, 6.45) is 2.64. The molecule has 25 heavy (non-hydrogen) atoms. The van der Waals surface area contributed by atoms with Gasteiger partial charge in [-0.1, -0.05) is 13.3 Å². The number of hydrogen-bond donors (Lipinski definition) is 0. The van der Waals surface area contributed by atoms with Crippen LogP contribution in [0.1, 0.15) is 36.0 Å². The molecule has 0 bridgehead atoms. The standard InChI is InChI=1S/C18H24N4O2S/c1-4-5-11-8-22-14(10-21(3)17(11)23)19-16-15(18(22)24)12-6-7-20(2)9-13(12)25-16/h11H,4-10H2,1-3H3/t11-/m1/s1. The van der Waals surface area contributed by atoms with E-state index in [2.05, 4.69) is 18.9 Å². The zero-order valence-electron chi connectivity index (χ0n) is 15.0. The Balaban J connectivity index is 1.88. The highest BCUT2D eigenvalue weighted by molar-refractivity contribution is 7.18. The molecule has 0 fully saturated rings. The number of carbonyl (C=O) groups excluding carboxylic acids is 1. The quantitative estimate of drug-likeness (QED) is 0.820. The van der Waals surface area contributed by atoms with Crippen LogP contribution < -0.4 is 5.56 Å². The number of thiophene rings is 1. The van der Waals surface area contributed by atoms with Gasteiger partial charge in [0.05, 0.1) is 17.8 Å². The van der Waals surface area contributed by atoms with Crippen LogP contribution >= 0.6 is 11.3 Å². The van der Waals surface area contributed by atoms with E-state index in [0.717, 1.165) is 48.4 Å². The Kier molecular flexibility index (Phi) is 4.16. The molecule has 4 rings (SSSR count). The van der Waals surface area contributed by atoms with Gasteiger partial charge in [-0.05, 0) is 25.5 Å². The summed E-state index contributed by atoms with van der Waals surface area (Å²) in [4.78, 5) is 36.8. The van der Waals surface area contributed by atoms with Crippen LogP contribution in [-0.4, -0.2) is 45.9 Å². The van der Waals surface area contributed by atoms with E-state index in [1.54, 1.807) is 20.8 Å². The van der Waals surface area contributed by atoms with Crippen LogP contribution in [0.25, 0.3) is 10.2 Å². The molecule has 7 heteroatoms. The minimum absolute atomic E-state index is 0.0475. The molecule has 0 unspecified atom stereocenters. The monoisotopic (exact) mass is 360 g/mol. The smallest absolute Gasteiger partial charge is 0.262 e. The van der Waals surface area contributed by atoms with Gasteiger partial charge in [-0.15, -0.1) is 11.3 Å². The Bertz CT molecular complexity index is 901. The van der Waals surface area contributed by atoms with Gasteiger partial charge in [0, 0.05) is 31.6 Å². The summed E-state index contributed by atoms with van der Waals surface area (Å²) < 4.78 is 1.77. The minimum atomic E-state index is -0.131. The molecule has 2 aromatic rings. The summed E-state index contributed by atoms with van der Waals surface area (Å²) in [7, 11) is 3.92. The molecule has 0 saturated heterocycles.